The van der Waals surface area contributed by atoms with Crippen LogP contribution in [0.4, 0.5) is 0 Å². The van der Waals surface area contributed by atoms with Crippen LogP contribution in [0.25, 0.3) is 11.5 Å². The van der Waals surface area contributed by atoms with Crippen LogP contribution in [0.2, 0.25) is 0 Å². The van der Waals surface area contributed by atoms with Crippen LogP contribution in [-0.4, -0.2) is 46.3 Å². The van der Waals surface area contributed by atoms with Crippen molar-refractivity contribution in [1.82, 2.24) is 20.0 Å². The smallest absolute Gasteiger partial charge is 0.259 e. The molecule has 6 nitrogen and oxygen atoms in total. The van der Waals surface area contributed by atoms with Crippen LogP contribution in [-0.2, 0) is 10.3 Å². The third-order valence-electron chi connectivity index (χ3n) is 5.90. The standard InChI is InChI=1S/C21H28N4O2/c1-26-21(20-23-19(24-27-20)18-11-7-8-14-22-18)12-15-25(16-13-21)17-9-5-3-2-4-6-10-17/h5,7-9,11,14,17H,2-4,6,10,12-13,15-16H2,1H3/b9-5-. The second-order valence-corrected chi connectivity index (χ2v) is 7.51. The number of aromatic nitrogens is 3. The number of methoxy groups -OCH3 is 1. The summed E-state index contributed by atoms with van der Waals surface area (Å²) in [5.74, 6) is 1.09. The molecule has 27 heavy (non-hydrogen) atoms. The Morgan fingerprint density at radius 2 is 2.07 bits per heavy atom. The van der Waals surface area contributed by atoms with Crippen molar-refractivity contribution >= 4 is 0 Å². The second-order valence-electron chi connectivity index (χ2n) is 7.51. The van der Waals surface area contributed by atoms with E-state index < -0.39 is 5.60 Å². The number of allylic oxidation sites excluding steroid dienone is 1. The Kier molecular flexibility index (Phi) is 5.64. The first kappa shape index (κ1) is 18.3. The molecule has 4 rings (SSSR count). The Balaban J connectivity index is 1.47. The van der Waals surface area contributed by atoms with Crippen molar-refractivity contribution in [2.24, 2.45) is 0 Å². The number of hydrogen-bond donors (Lipinski definition) is 0. The molecule has 3 heterocycles. The van der Waals surface area contributed by atoms with Gasteiger partial charge in [-0.3, -0.25) is 9.88 Å². The summed E-state index contributed by atoms with van der Waals surface area (Å²) in [4.78, 5) is 11.5. The minimum Gasteiger partial charge on any atom is -0.368 e. The van der Waals surface area contributed by atoms with E-state index in [1.807, 2.05) is 18.2 Å². The zero-order valence-corrected chi connectivity index (χ0v) is 16.0. The molecule has 0 spiro atoms. The maximum absolute atomic E-state index is 5.93. The van der Waals surface area contributed by atoms with Crippen molar-refractivity contribution in [2.45, 2.75) is 56.6 Å². The molecule has 1 atom stereocenters. The van der Waals surface area contributed by atoms with E-state index in [1.54, 1.807) is 13.3 Å². The number of ether oxygens (including phenoxy) is 1. The molecule has 0 aromatic carbocycles. The fourth-order valence-corrected chi connectivity index (χ4v) is 4.18. The number of hydrogen-bond acceptors (Lipinski definition) is 6. The summed E-state index contributed by atoms with van der Waals surface area (Å²) in [6.45, 7) is 1.95. The van der Waals surface area contributed by atoms with Gasteiger partial charge in [-0.1, -0.05) is 36.2 Å². The third-order valence-corrected chi connectivity index (χ3v) is 5.90. The molecule has 1 fully saturated rings. The van der Waals surface area contributed by atoms with Crippen molar-refractivity contribution in [2.75, 3.05) is 20.2 Å². The zero-order valence-electron chi connectivity index (χ0n) is 16.0. The average molecular weight is 368 g/mol. The fourth-order valence-electron chi connectivity index (χ4n) is 4.18. The van der Waals surface area contributed by atoms with Crippen molar-refractivity contribution in [3.05, 3.63) is 42.4 Å². The summed E-state index contributed by atoms with van der Waals surface area (Å²) < 4.78 is 11.5. The van der Waals surface area contributed by atoms with Crippen molar-refractivity contribution in [3.8, 4) is 11.5 Å². The van der Waals surface area contributed by atoms with E-state index in [4.69, 9.17) is 9.26 Å². The lowest BCUT2D eigenvalue weighted by molar-refractivity contribution is -0.0864. The molecule has 1 aliphatic heterocycles. The SMILES string of the molecule is COC1(c2nc(-c3ccccn3)no2)CCN(C2/C=C\CCCCC2)CC1. The molecule has 0 saturated carbocycles. The molecule has 0 bridgehead atoms. The van der Waals surface area contributed by atoms with Crippen molar-refractivity contribution in [3.63, 3.8) is 0 Å². The van der Waals surface area contributed by atoms with Gasteiger partial charge in [-0.15, -0.1) is 0 Å². The van der Waals surface area contributed by atoms with Gasteiger partial charge < -0.3 is 9.26 Å². The number of nitrogens with zero attached hydrogens (tertiary/aromatic N) is 4. The van der Waals surface area contributed by atoms with Crippen LogP contribution in [0.3, 0.4) is 0 Å². The van der Waals surface area contributed by atoms with Crippen LogP contribution in [0.15, 0.2) is 41.1 Å². The van der Waals surface area contributed by atoms with Crippen LogP contribution >= 0.6 is 0 Å². The Morgan fingerprint density at radius 1 is 1.19 bits per heavy atom. The van der Waals surface area contributed by atoms with Crippen LogP contribution in [0.5, 0.6) is 0 Å². The zero-order chi connectivity index (χ0) is 18.5. The first-order valence-corrected chi connectivity index (χ1v) is 10.0. The van der Waals surface area contributed by atoms with E-state index in [-0.39, 0.29) is 0 Å². The van der Waals surface area contributed by atoms with Gasteiger partial charge in [0.15, 0.2) is 0 Å². The predicted octanol–water partition coefficient (Wildman–Crippen LogP) is 3.96. The molecule has 144 valence electrons. The summed E-state index contributed by atoms with van der Waals surface area (Å²) in [5.41, 5.74) is 0.220. The molecule has 0 amide bonds. The quantitative estimate of drug-likeness (QED) is 0.761. The third kappa shape index (κ3) is 3.96. The Hall–Kier alpha value is -2.05. The summed E-state index contributed by atoms with van der Waals surface area (Å²) in [5, 5.41) is 4.13. The lowest BCUT2D eigenvalue weighted by Crippen LogP contribution is -2.47. The highest BCUT2D eigenvalue weighted by Crippen LogP contribution is 2.37. The molecular weight excluding hydrogens is 340 g/mol. The fraction of sp³-hybridized carbons (Fsp3) is 0.571. The molecule has 1 unspecified atom stereocenters. The van der Waals surface area contributed by atoms with E-state index in [0.717, 1.165) is 31.6 Å². The van der Waals surface area contributed by atoms with Crippen molar-refractivity contribution in [1.29, 1.82) is 0 Å². The van der Waals surface area contributed by atoms with Crippen LogP contribution < -0.4 is 0 Å². The van der Waals surface area contributed by atoms with Gasteiger partial charge in [0.2, 0.25) is 5.82 Å². The number of rotatable bonds is 4. The highest BCUT2D eigenvalue weighted by molar-refractivity contribution is 5.47. The van der Waals surface area contributed by atoms with Gasteiger partial charge in [-0.25, -0.2) is 0 Å². The predicted molar refractivity (Wildman–Crippen MR) is 103 cm³/mol. The highest BCUT2D eigenvalue weighted by Gasteiger charge is 2.42. The maximum atomic E-state index is 5.93. The maximum Gasteiger partial charge on any atom is 0.259 e. The first-order chi connectivity index (χ1) is 13.3. The van der Waals surface area contributed by atoms with Crippen LogP contribution in [0.1, 0.15) is 50.8 Å². The second kappa shape index (κ2) is 8.31. The van der Waals surface area contributed by atoms with Gasteiger partial charge in [0, 0.05) is 32.4 Å². The van der Waals surface area contributed by atoms with E-state index >= 15 is 0 Å². The Morgan fingerprint density at radius 3 is 2.85 bits per heavy atom. The number of likely N-dealkylation sites (tertiary alicyclic amines) is 1. The molecule has 6 heteroatoms. The van der Waals surface area contributed by atoms with E-state index in [9.17, 15) is 0 Å². The summed E-state index contributed by atoms with van der Waals surface area (Å²) in [7, 11) is 1.75. The topological polar surface area (TPSA) is 64.3 Å². The van der Waals surface area contributed by atoms with Gasteiger partial charge >= 0.3 is 0 Å². The Bertz CT molecular complexity index is 751. The average Bonchev–Trinajstić information content (AvgIpc) is 3.20. The lowest BCUT2D eigenvalue weighted by atomic mass is 9.89. The van der Waals surface area contributed by atoms with E-state index in [2.05, 4.69) is 32.2 Å². The summed E-state index contributed by atoms with van der Waals surface area (Å²) in [6.07, 6.45) is 14.7. The minimum absolute atomic E-state index is 0.498. The largest absolute Gasteiger partial charge is 0.368 e. The lowest BCUT2D eigenvalue weighted by Gasteiger charge is -2.41. The molecule has 0 N–H and O–H groups in total. The van der Waals surface area contributed by atoms with Crippen molar-refractivity contribution < 1.29 is 9.26 Å². The van der Waals surface area contributed by atoms with E-state index in [1.165, 1.54) is 32.1 Å². The summed E-state index contributed by atoms with van der Waals surface area (Å²) in [6, 6.07) is 6.23. The normalized spacial score (nSPS) is 24.9. The van der Waals surface area contributed by atoms with Gasteiger partial charge in [0.1, 0.15) is 11.3 Å². The molecular formula is C21H28N4O2. The molecule has 1 aliphatic carbocycles. The molecule has 1 saturated heterocycles. The summed E-state index contributed by atoms with van der Waals surface area (Å²) >= 11 is 0. The van der Waals surface area contributed by atoms with Gasteiger partial charge in [-0.05, 0) is 44.2 Å². The minimum atomic E-state index is -0.498. The van der Waals surface area contributed by atoms with Gasteiger partial charge in [0.05, 0.1) is 0 Å². The number of pyridine rings is 1. The highest BCUT2D eigenvalue weighted by atomic mass is 16.5. The molecule has 2 aliphatic rings. The van der Waals surface area contributed by atoms with E-state index in [0.29, 0.717) is 17.8 Å². The van der Waals surface area contributed by atoms with Gasteiger partial charge in [-0.2, -0.15) is 4.98 Å². The Labute approximate surface area is 160 Å². The number of piperidine rings is 1. The molecule has 0 radical (unpaired) electrons. The molecule has 2 aromatic heterocycles. The van der Waals surface area contributed by atoms with Crippen LogP contribution in [0, 0.1) is 0 Å². The first-order valence-electron chi connectivity index (χ1n) is 10.0. The van der Waals surface area contributed by atoms with Gasteiger partial charge in [0.25, 0.3) is 5.89 Å². The monoisotopic (exact) mass is 368 g/mol. The molecule has 2 aromatic rings.